The molecule has 0 amide bonds. The molecule has 1 fully saturated rings. The Bertz CT molecular complexity index is 480. The number of benzene rings is 1. The molecule has 2 rings (SSSR count). The Labute approximate surface area is 142 Å². The lowest BCUT2D eigenvalue weighted by molar-refractivity contribution is 0.0770. The quantitative estimate of drug-likeness (QED) is 0.816. The van der Waals surface area contributed by atoms with E-state index in [0.29, 0.717) is 6.04 Å². The van der Waals surface area contributed by atoms with Gasteiger partial charge in [-0.25, -0.2) is 0 Å². The van der Waals surface area contributed by atoms with Gasteiger partial charge in [-0.05, 0) is 49.3 Å². The van der Waals surface area contributed by atoms with Crippen LogP contribution in [0.25, 0.3) is 0 Å². The van der Waals surface area contributed by atoms with Gasteiger partial charge in [-0.15, -0.1) is 0 Å². The molecule has 0 aromatic heterocycles. The molecule has 0 spiro atoms. The average molecular weight is 374 g/mol. The van der Waals surface area contributed by atoms with E-state index in [4.69, 9.17) is 17.3 Å². The summed E-state index contributed by atoms with van der Waals surface area (Å²) in [6.45, 7) is 9.28. The minimum Gasteiger partial charge on any atom is -0.324 e. The lowest BCUT2D eigenvalue weighted by Crippen LogP contribution is -2.46. The van der Waals surface area contributed by atoms with Crippen molar-refractivity contribution in [1.29, 1.82) is 0 Å². The van der Waals surface area contributed by atoms with Crippen LogP contribution in [0.1, 0.15) is 45.2 Å². The van der Waals surface area contributed by atoms with Crippen molar-refractivity contribution in [2.24, 2.45) is 17.6 Å². The van der Waals surface area contributed by atoms with Crippen LogP contribution in [0.2, 0.25) is 5.02 Å². The van der Waals surface area contributed by atoms with Crippen LogP contribution < -0.4 is 5.73 Å². The lowest BCUT2D eigenvalue weighted by Gasteiger charge is -2.41. The summed E-state index contributed by atoms with van der Waals surface area (Å²) in [6.07, 6.45) is 2.29. The van der Waals surface area contributed by atoms with Gasteiger partial charge in [0.1, 0.15) is 0 Å². The second-order valence-electron chi connectivity index (χ2n) is 6.61. The van der Waals surface area contributed by atoms with Crippen molar-refractivity contribution < 1.29 is 0 Å². The maximum Gasteiger partial charge on any atom is 0.0464 e. The average Bonchev–Trinajstić information content (AvgIpc) is 2.40. The van der Waals surface area contributed by atoms with E-state index in [-0.39, 0.29) is 6.04 Å². The number of piperidine rings is 1. The first-order chi connectivity index (χ1) is 9.88. The highest BCUT2D eigenvalue weighted by Crippen LogP contribution is 2.30. The molecule has 2 nitrogen and oxygen atoms in total. The Morgan fingerprint density at radius 3 is 2.76 bits per heavy atom. The third-order valence-electron chi connectivity index (χ3n) is 4.81. The standard InChI is InChI=1S/C17H26BrClN2/c1-11-8-12(2)13(3)21(10-11)7-6-17(20)15-5-4-14(18)9-16(15)19/h4-5,9,11-13,17H,6-8,10,20H2,1-3H3. The first-order valence-corrected chi connectivity index (χ1v) is 9.00. The third kappa shape index (κ3) is 4.44. The molecular formula is C17H26BrClN2. The fraction of sp³-hybridized carbons (Fsp3) is 0.647. The fourth-order valence-corrected chi connectivity index (χ4v) is 4.20. The third-order valence-corrected chi connectivity index (χ3v) is 5.63. The normalized spacial score (nSPS) is 28.6. The Kier molecular flexibility index (Phi) is 6.13. The summed E-state index contributed by atoms with van der Waals surface area (Å²) in [5.41, 5.74) is 7.40. The van der Waals surface area contributed by atoms with Crippen LogP contribution in [0.3, 0.4) is 0 Å². The zero-order chi connectivity index (χ0) is 15.6. The van der Waals surface area contributed by atoms with Gasteiger partial charge in [0.25, 0.3) is 0 Å². The summed E-state index contributed by atoms with van der Waals surface area (Å²) in [5, 5.41) is 0.755. The zero-order valence-electron chi connectivity index (χ0n) is 13.2. The number of hydrogen-bond acceptors (Lipinski definition) is 2. The van der Waals surface area contributed by atoms with Crippen LogP contribution in [-0.4, -0.2) is 24.0 Å². The van der Waals surface area contributed by atoms with E-state index >= 15 is 0 Å². The summed E-state index contributed by atoms with van der Waals surface area (Å²) in [7, 11) is 0. The first-order valence-electron chi connectivity index (χ1n) is 7.83. The second kappa shape index (κ2) is 7.45. The molecule has 1 aliphatic heterocycles. The molecular weight excluding hydrogens is 348 g/mol. The molecule has 1 saturated heterocycles. The number of nitrogens with two attached hydrogens (primary N) is 1. The topological polar surface area (TPSA) is 29.3 Å². The highest BCUT2D eigenvalue weighted by Gasteiger charge is 2.28. The van der Waals surface area contributed by atoms with Crippen LogP contribution >= 0.6 is 27.5 Å². The van der Waals surface area contributed by atoms with Crippen molar-refractivity contribution in [3.8, 4) is 0 Å². The summed E-state index contributed by atoms with van der Waals surface area (Å²) < 4.78 is 0.996. The van der Waals surface area contributed by atoms with Crippen molar-refractivity contribution in [1.82, 2.24) is 4.90 Å². The molecule has 118 valence electrons. The van der Waals surface area contributed by atoms with Gasteiger partial charge in [-0.3, -0.25) is 0 Å². The molecule has 1 aromatic carbocycles. The highest BCUT2D eigenvalue weighted by molar-refractivity contribution is 9.10. The zero-order valence-corrected chi connectivity index (χ0v) is 15.5. The molecule has 4 heteroatoms. The van der Waals surface area contributed by atoms with Gasteiger partial charge >= 0.3 is 0 Å². The molecule has 0 aliphatic carbocycles. The van der Waals surface area contributed by atoms with E-state index in [1.54, 1.807) is 0 Å². The second-order valence-corrected chi connectivity index (χ2v) is 7.94. The van der Waals surface area contributed by atoms with Crippen LogP contribution in [-0.2, 0) is 0 Å². The van der Waals surface area contributed by atoms with E-state index in [1.165, 1.54) is 13.0 Å². The molecule has 1 aliphatic rings. The van der Waals surface area contributed by atoms with Crippen LogP contribution in [0.4, 0.5) is 0 Å². The summed E-state index contributed by atoms with van der Waals surface area (Å²) in [4.78, 5) is 2.59. The van der Waals surface area contributed by atoms with Crippen molar-refractivity contribution in [2.75, 3.05) is 13.1 Å². The lowest BCUT2D eigenvalue weighted by atomic mass is 9.85. The van der Waals surface area contributed by atoms with E-state index in [1.807, 2.05) is 18.2 Å². The molecule has 1 heterocycles. The largest absolute Gasteiger partial charge is 0.324 e. The van der Waals surface area contributed by atoms with Crippen LogP contribution in [0.15, 0.2) is 22.7 Å². The van der Waals surface area contributed by atoms with Crippen LogP contribution in [0.5, 0.6) is 0 Å². The van der Waals surface area contributed by atoms with E-state index in [9.17, 15) is 0 Å². The highest BCUT2D eigenvalue weighted by atomic mass is 79.9. The minimum absolute atomic E-state index is 0.00494. The van der Waals surface area contributed by atoms with Crippen molar-refractivity contribution >= 4 is 27.5 Å². The molecule has 21 heavy (non-hydrogen) atoms. The molecule has 0 radical (unpaired) electrons. The monoisotopic (exact) mass is 372 g/mol. The van der Waals surface area contributed by atoms with Crippen molar-refractivity contribution in [3.63, 3.8) is 0 Å². The smallest absolute Gasteiger partial charge is 0.0464 e. The van der Waals surface area contributed by atoms with Gasteiger partial charge in [0.2, 0.25) is 0 Å². The van der Waals surface area contributed by atoms with E-state index in [0.717, 1.165) is 39.9 Å². The van der Waals surface area contributed by atoms with Gasteiger partial charge in [0.05, 0.1) is 0 Å². The van der Waals surface area contributed by atoms with Gasteiger partial charge in [0, 0.05) is 34.7 Å². The fourth-order valence-electron chi connectivity index (χ4n) is 3.39. The summed E-state index contributed by atoms with van der Waals surface area (Å²) in [5.74, 6) is 1.55. The summed E-state index contributed by atoms with van der Waals surface area (Å²) in [6, 6.07) is 6.61. The number of halogens is 2. The molecule has 0 saturated carbocycles. The number of hydrogen-bond donors (Lipinski definition) is 1. The van der Waals surface area contributed by atoms with Gasteiger partial charge < -0.3 is 10.6 Å². The van der Waals surface area contributed by atoms with Crippen molar-refractivity contribution in [2.45, 2.75) is 45.7 Å². The number of likely N-dealkylation sites (tertiary alicyclic amines) is 1. The summed E-state index contributed by atoms with van der Waals surface area (Å²) >= 11 is 9.73. The molecule has 1 aromatic rings. The maximum absolute atomic E-state index is 6.35. The molecule has 0 bridgehead atoms. The Morgan fingerprint density at radius 1 is 1.38 bits per heavy atom. The van der Waals surface area contributed by atoms with Gasteiger partial charge in [-0.1, -0.05) is 47.4 Å². The predicted molar refractivity (Wildman–Crippen MR) is 94.7 cm³/mol. The Balaban J connectivity index is 1.95. The van der Waals surface area contributed by atoms with Gasteiger partial charge in [-0.2, -0.15) is 0 Å². The minimum atomic E-state index is 0.00494. The van der Waals surface area contributed by atoms with E-state index < -0.39 is 0 Å². The maximum atomic E-state index is 6.35. The predicted octanol–water partition coefficient (Wildman–Crippen LogP) is 4.86. The molecule has 2 N–H and O–H groups in total. The Hall–Kier alpha value is -0.0900. The van der Waals surface area contributed by atoms with Gasteiger partial charge in [0.15, 0.2) is 0 Å². The van der Waals surface area contributed by atoms with E-state index in [2.05, 4.69) is 41.6 Å². The van der Waals surface area contributed by atoms with Crippen LogP contribution in [0, 0.1) is 11.8 Å². The Morgan fingerprint density at radius 2 is 2.10 bits per heavy atom. The van der Waals surface area contributed by atoms with Crippen molar-refractivity contribution in [3.05, 3.63) is 33.3 Å². The number of nitrogens with zero attached hydrogens (tertiary/aromatic N) is 1. The first kappa shape index (κ1) is 17.3. The molecule has 4 atom stereocenters. The SMILES string of the molecule is CC1CC(C)C(C)N(CCC(N)c2ccc(Br)cc2Cl)C1. The molecule has 4 unspecified atom stereocenters. The number of rotatable bonds is 4.